The van der Waals surface area contributed by atoms with Crippen LogP contribution in [-0.4, -0.2) is 62.4 Å². The van der Waals surface area contributed by atoms with Crippen molar-refractivity contribution >= 4 is 16.0 Å². The van der Waals surface area contributed by atoms with Crippen molar-refractivity contribution < 1.29 is 22.3 Å². The van der Waals surface area contributed by atoms with Crippen molar-refractivity contribution in [3.8, 4) is 0 Å². The van der Waals surface area contributed by atoms with Crippen LogP contribution in [0.25, 0.3) is 0 Å². The molecule has 6 nitrogen and oxygen atoms in total. The molecule has 2 fully saturated rings. The molecule has 3 rings (SSSR count). The molecule has 1 aromatic carbocycles. The van der Waals surface area contributed by atoms with Gasteiger partial charge in [-0.25, -0.2) is 12.8 Å². The van der Waals surface area contributed by atoms with Gasteiger partial charge in [0.15, 0.2) is 0 Å². The van der Waals surface area contributed by atoms with Crippen molar-refractivity contribution in [2.75, 3.05) is 32.8 Å². The zero-order valence-corrected chi connectivity index (χ0v) is 12.8. The minimum atomic E-state index is -3.69. The molecule has 0 unspecified atom stereocenters. The fraction of sp³-hybridized carbons (Fsp3) is 0.500. The van der Waals surface area contributed by atoms with Crippen molar-refractivity contribution in [2.45, 2.75) is 17.4 Å². The molecule has 0 saturated carbocycles. The quantitative estimate of drug-likeness (QED) is 0.754. The van der Waals surface area contributed by atoms with Crippen molar-refractivity contribution in [3.63, 3.8) is 0 Å². The highest BCUT2D eigenvalue weighted by atomic mass is 32.2. The number of halogens is 1. The van der Waals surface area contributed by atoms with Crippen LogP contribution in [0.4, 0.5) is 4.39 Å². The second-order valence-corrected chi connectivity index (χ2v) is 7.31. The fourth-order valence-corrected chi connectivity index (χ4v) is 4.30. The van der Waals surface area contributed by atoms with Crippen LogP contribution >= 0.6 is 0 Å². The average molecular weight is 328 g/mol. The van der Waals surface area contributed by atoms with E-state index in [2.05, 4.69) is 0 Å². The number of nitrogens with zero attached hydrogens (tertiary/aromatic N) is 2. The lowest BCUT2D eigenvalue weighted by Gasteiger charge is -2.35. The maximum Gasteiger partial charge on any atom is 0.323 e. The maximum atomic E-state index is 13.2. The summed E-state index contributed by atoms with van der Waals surface area (Å²) in [6.07, 6.45) is 0.648. The third-order valence-electron chi connectivity index (χ3n) is 4.06. The molecule has 2 aliphatic rings. The Morgan fingerprint density at radius 2 is 1.91 bits per heavy atom. The number of ether oxygens (including phenoxy) is 1. The fourth-order valence-electron chi connectivity index (χ4n) is 2.85. The predicted octanol–water partition coefficient (Wildman–Crippen LogP) is 0.447. The van der Waals surface area contributed by atoms with Gasteiger partial charge >= 0.3 is 5.97 Å². The van der Waals surface area contributed by atoms with Crippen molar-refractivity contribution in [2.24, 2.45) is 0 Å². The largest absolute Gasteiger partial charge is 0.464 e. The monoisotopic (exact) mass is 328 g/mol. The molecule has 2 aliphatic heterocycles. The Hall–Kier alpha value is -1.51. The number of carbonyl (C=O) groups is 1. The molecular formula is C14H17FN2O4S. The third-order valence-corrected chi connectivity index (χ3v) is 5.95. The van der Waals surface area contributed by atoms with E-state index in [9.17, 15) is 17.6 Å². The van der Waals surface area contributed by atoms with Crippen LogP contribution in [0.3, 0.4) is 0 Å². The summed E-state index contributed by atoms with van der Waals surface area (Å²) in [4.78, 5) is 13.5. The van der Waals surface area contributed by atoms with Gasteiger partial charge in [-0.1, -0.05) is 6.07 Å². The Morgan fingerprint density at radius 1 is 1.18 bits per heavy atom. The lowest BCUT2D eigenvalue weighted by atomic mass is 10.2. The number of sulfonamides is 1. The van der Waals surface area contributed by atoms with Gasteiger partial charge in [0, 0.05) is 32.6 Å². The molecule has 22 heavy (non-hydrogen) atoms. The molecular weight excluding hydrogens is 311 g/mol. The molecule has 1 aromatic rings. The molecule has 0 spiro atoms. The topological polar surface area (TPSA) is 66.9 Å². The summed E-state index contributed by atoms with van der Waals surface area (Å²) in [5.41, 5.74) is 0. The number of benzene rings is 1. The summed E-state index contributed by atoms with van der Waals surface area (Å²) in [5.74, 6) is -0.810. The first-order chi connectivity index (χ1) is 10.5. The van der Waals surface area contributed by atoms with Crippen LogP contribution in [0.1, 0.15) is 6.42 Å². The normalized spacial score (nSPS) is 24.4. The van der Waals surface area contributed by atoms with Gasteiger partial charge in [0.2, 0.25) is 10.0 Å². The van der Waals surface area contributed by atoms with E-state index in [1.54, 1.807) is 0 Å². The second kappa shape index (κ2) is 5.94. The minimum absolute atomic E-state index is 0.0405. The van der Waals surface area contributed by atoms with Gasteiger partial charge in [0.05, 0.1) is 11.5 Å². The molecule has 0 N–H and O–H groups in total. The number of cyclic esters (lactones) is 1. The van der Waals surface area contributed by atoms with Crippen LogP contribution in [0.2, 0.25) is 0 Å². The van der Waals surface area contributed by atoms with Crippen molar-refractivity contribution in [1.82, 2.24) is 9.21 Å². The van der Waals surface area contributed by atoms with E-state index in [1.165, 1.54) is 22.5 Å². The number of carbonyl (C=O) groups excluding carboxylic acids is 1. The van der Waals surface area contributed by atoms with Gasteiger partial charge in [0.25, 0.3) is 0 Å². The van der Waals surface area contributed by atoms with E-state index in [1.807, 2.05) is 4.90 Å². The SMILES string of the molecule is O=C1OCC[C@@H]1N1CCN(S(=O)(=O)c2cccc(F)c2)CC1. The van der Waals surface area contributed by atoms with Gasteiger partial charge in [-0.05, 0) is 18.2 Å². The Kier molecular flexibility index (Phi) is 4.16. The smallest absolute Gasteiger partial charge is 0.323 e. The third kappa shape index (κ3) is 2.86. The summed E-state index contributed by atoms with van der Waals surface area (Å²) in [5, 5.41) is 0. The Morgan fingerprint density at radius 3 is 2.50 bits per heavy atom. The molecule has 0 aromatic heterocycles. The molecule has 0 amide bonds. The molecule has 1 atom stereocenters. The lowest BCUT2D eigenvalue weighted by molar-refractivity contribution is -0.142. The first-order valence-electron chi connectivity index (χ1n) is 7.15. The molecule has 120 valence electrons. The van der Waals surface area contributed by atoms with E-state index < -0.39 is 15.8 Å². The summed E-state index contributed by atoms with van der Waals surface area (Å²) in [6.45, 7) is 1.92. The first-order valence-corrected chi connectivity index (χ1v) is 8.59. The number of esters is 1. The predicted molar refractivity (Wildman–Crippen MR) is 76.1 cm³/mol. The van der Waals surface area contributed by atoms with E-state index in [4.69, 9.17) is 4.74 Å². The van der Waals surface area contributed by atoms with Crippen LogP contribution in [-0.2, 0) is 19.6 Å². The number of piperazine rings is 1. The highest BCUT2D eigenvalue weighted by Gasteiger charge is 2.36. The zero-order chi connectivity index (χ0) is 15.7. The lowest BCUT2D eigenvalue weighted by Crippen LogP contribution is -2.52. The molecule has 2 saturated heterocycles. The molecule has 0 aliphatic carbocycles. The van der Waals surface area contributed by atoms with Gasteiger partial charge in [-0.2, -0.15) is 4.31 Å². The second-order valence-electron chi connectivity index (χ2n) is 5.37. The standard InChI is InChI=1S/C14H17FN2O4S/c15-11-2-1-3-12(10-11)22(19,20)17-7-5-16(6-8-17)13-4-9-21-14(13)18/h1-3,10,13H,4-9H2/t13-/m0/s1. The Bertz CT molecular complexity index is 671. The van der Waals surface area contributed by atoms with E-state index in [0.29, 0.717) is 26.1 Å². The number of hydrogen-bond donors (Lipinski definition) is 0. The molecule has 2 heterocycles. The number of rotatable bonds is 3. The van der Waals surface area contributed by atoms with E-state index in [0.717, 1.165) is 6.07 Å². The van der Waals surface area contributed by atoms with Gasteiger partial charge in [-0.3, -0.25) is 9.69 Å². The van der Waals surface area contributed by atoms with Gasteiger partial charge in [0.1, 0.15) is 11.9 Å². The molecule has 0 radical (unpaired) electrons. The Labute approximate surface area is 128 Å². The van der Waals surface area contributed by atoms with E-state index >= 15 is 0 Å². The summed E-state index contributed by atoms with van der Waals surface area (Å²) in [6, 6.07) is 4.74. The number of hydrogen-bond acceptors (Lipinski definition) is 5. The van der Waals surface area contributed by atoms with Gasteiger partial charge in [-0.15, -0.1) is 0 Å². The first kappa shape index (κ1) is 15.4. The summed E-state index contributed by atoms with van der Waals surface area (Å²) in [7, 11) is -3.69. The van der Waals surface area contributed by atoms with Gasteiger partial charge < -0.3 is 4.74 Å². The van der Waals surface area contributed by atoms with Crippen LogP contribution in [0.5, 0.6) is 0 Å². The molecule has 8 heteroatoms. The molecule has 0 bridgehead atoms. The average Bonchev–Trinajstić information content (AvgIpc) is 2.93. The highest BCUT2D eigenvalue weighted by Crippen LogP contribution is 2.21. The van der Waals surface area contributed by atoms with E-state index in [-0.39, 0.29) is 30.0 Å². The summed E-state index contributed by atoms with van der Waals surface area (Å²) < 4.78 is 44.5. The zero-order valence-electron chi connectivity index (χ0n) is 11.9. The highest BCUT2D eigenvalue weighted by molar-refractivity contribution is 7.89. The van der Waals surface area contributed by atoms with Crippen molar-refractivity contribution in [3.05, 3.63) is 30.1 Å². The van der Waals surface area contributed by atoms with Crippen molar-refractivity contribution in [1.29, 1.82) is 0 Å². The Balaban J connectivity index is 1.69. The van der Waals surface area contributed by atoms with Crippen LogP contribution in [0.15, 0.2) is 29.2 Å². The van der Waals surface area contributed by atoms with Crippen LogP contribution < -0.4 is 0 Å². The van der Waals surface area contributed by atoms with Crippen LogP contribution in [0, 0.1) is 5.82 Å². The maximum absolute atomic E-state index is 13.2. The minimum Gasteiger partial charge on any atom is -0.464 e. The summed E-state index contributed by atoms with van der Waals surface area (Å²) >= 11 is 0.